The molecule has 0 radical (unpaired) electrons. The number of phenolic OH excluding ortho intramolecular Hbond substituents is 1. The molecule has 3 N–H and O–H groups in total. The molecule has 6 rings (SSSR count). The molecule has 1 aliphatic heterocycles. The van der Waals surface area contributed by atoms with E-state index in [0.717, 1.165) is 17.0 Å². The fourth-order valence-corrected chi connectivity index (χ4v) is 7.50. The summed E-state index contributed by atoms with van der Waals surface area (Å²) in [5, 5.41) is 29.9. The van der Waals surface area contributed by atoms with Crippen LogP contribution in [0.1, 0.15) is 34.7 Å². The van der Waals surface area contributed by atoms with Crippen LogP contribution in [0.15, 0.2) is 68.2 Å². The van der Waals surface area contributed by atoms with Crippen LogP contribution in [0.25, 0.3) is 0 Å². The van der Waals surface area contributed by atoms with Gasteiger partial charge in [-0.2, -0.15) is 0 Å². The highest BCUT2D eigenvalue weighted by molar-refractivity contribution is 9.12. The number of halogens is 2. The second-order valence-corrected chi connectivity index (χ2v) is 12.2. The Hall–Kier alpha value is -4.03. The van der Waals surface area contributed by atoms with Crippen molar-refractivity contribution in [1.82, 2.24) is 0 Å². The number of rotatable bonds is 4. The zero-order valence-corrected chi connectivity index (χ0v) is 24.9. The summed E-state index contributed by atoms with van der Waals surface area (Å²) in [7, 11) is 1.39. The number of imide groups is 1. The number of nitrogens with zero attached hydrogens (tertiary/aromatic N) is 1. The zero-order chi connectivity index (χ0) is 30.2. The molecule has 12 heteroatoms. The Labute approximate surface area is 255 Å². The first-order chi connectivity index (χ1) is 19.9. The second kappa shape index (κ2) is 10.1. The molecule has 1 heterocycles. The highest BCUT2D eigenvalue weighted by atomic mass is 79.9. The average Bonchev–Trinajstić information content (AvgIpc) is 3.21. The van der Waals surface area contributed by atoms with Crippen LogP contribution in [0.4, 0.5) is 5.69 Å². The van der Waals surface area contributed by atoms with Crippen molar-refractivity contribution >= 4 is 66.9 Å². The predicted molar refractivity (Wildman–Crippen MR) is 154 cm³/mol. The number of ketones is 2. The molecule has 4 atom stereocenters. The van der Waals surface area contributed by atoms with Crippen LogP contribution >= 0.6 is 31.9 Å². The number of amides is 2. The fraction of sp³-hybridized carbons (Fsp3) is 0.233. The minimum absolute atomic E-state index is 0.0394. The molecule has 0 saturated carbocycles. The molecule has 0 spiro atoms. The first-order valence-corrected chi connectivity index (χ1v) is 14.4. The molecule has 3 aliphatic carbocycles. The van der Waals surface area contributed by atoms with Gasteiger partial charge in [0.2, 0.25) is 11.8 Å². The Bertz CT molecular complexity index is 1750. The van der Waals surface area contributed by atoms with E-state index in [1.807, 2.05) is 6.08 Å². The molecule has 0 aromatic heterocycles. The molecule has 42 heavy (non-hydrogen) atoms. The third-order valence-electron chi connectivity index (χ3n) is 8.41. The van der Waals surface area contributed by atoms with Crippen molar-refractivity contribution in [3.05, 3.63) is 79.3 Å². The van der Waals surface area contributed by atoms with Gasteiger partial charge in [0.25, 0.3) is 0 Å². The summed E-state index contributed by atoms with van der Waals surface area (Å²) >= 11 is 6.53. The largest absolute Gasteiger partial charge is 0.507 e. The van der Waals surface area contributed by atoms with Crippen LogP contribution < -0.4 is 9.64 Å². The summed E-state index contributed by atoms with van der Waals surface area (Å²) in [6.45, 7) is 0. The number of aromatic hydroxyl groups is 2. The molecule has 1 fully saturated rings. The van der Waals surface area contributed by atoms with Crippen molar-refractivity contribution in [3.63, 3.8) is 0 Å². The molecule has 4 unspecified atom stereocenters. The number of allylic oxidation sites excluding steroid dienone is 6. The number of carboxylic acids is 1. The number of methoxy groups -OCH3 is 1. The summed E-state index contributed by atoms with van der Waals surface area (Å²) in [4.78, 5) is 66.7. The van der Waals surface area contributed by atoms with Crippen LogP contribution in [0.3, 0.4) is 0 Å². The van der Waals surface area contributed by atoms with E-state index in [2.05, 4.69) is 31.9 Å². The van der Waals surface area contributed by atoms with E-state index in [-0.39, 0.29) is 62.8 Å². The summed E-state index contributed by atoms with van der Waals surface area (Å²) in [5.41, 5.74) is 1.43. The first-order valence-electron chi connectivity index (χ1n) is 12.8. The number of ether oxygens (including phenoxy) is 1. The van der Waals surface area contributed by atoms with Crippen molar-refractivity contribution in [2.45, 2.75) is 18.8 Å². The van der Waals surface area contributed by atoms with E-state index < -0.39 is 47.2 Å². The minimum Gasteiger partial charge on any atom is -0.507 e. The van der Waals surface area contributed by atoms with Crippen LogP contribution in [0.5, 0.6) is 17.2 Å². The first kappa shape index (κ1) is 28.1. The third kappa shape index (κ3) is 4.07. The lowest BCUT2D eigenvalue weighted by atomic mass is 9.59. The second-order valence-electron chi connectivity index (χ2n) is 10.5. The van der Waals surface area contributed by atoms with Crippen LogP contribution in [-0.2, 0) is 19.2 Å². The SMILES string of the molecule is COc1cc(C2C3=CCC4C(=O)N(c5ccc(C(=O)O)c(O)c5)C(=O)C4C3CC3=C2C(=O)C=C(Br)C3=O)cc(Br)c1O. The number of fused-ring (bicyclic) bond motifs is 3. The number of hydrogen-bond acceptors (Lipinski definition) is 8. The summed E-state index contributed by atoms with van der Waals surface area (Å²) in [5.74, 6) is -6.73. The number of carboxylic acid groups (broad SMARTS) is 1. The lowest BCUT2D eigenvalue weighted by Crippen LogP contribution is -2.39. The summed E-state index contributed by atoms with van der Waals surface area (Å²) < 4.78 is 5.75. The molecule has 2 aromatic rings. The Morgan fingerprint density at radius 2 is 1.76 bits per heavy atom. The number of benzene rings is 2. The van der Waals surface area contributed by atoms with Gasteiger partial charge in [-0.25, -0.2) is 9.69 Å². The summed E-state index contributed by atoms with van der Waals surface area (Å²) in [6.07, 6.45) is 3.32. The van der Waals surface area contributed by atoms with Crippen molar-refractivity contribution in [2.75, 3.05) is 12.0 Å². The van der Waals surface area contributed by atoms with Gasteiger partial charge >= 0.3 is 5.97 Å². The topological polar surface area (TPSA) is 159 Å². The van der Waals surface area contributed by atoms with E-state index in [4.69, 9.17) is 4.74 Å². The number of carbonyl (C=O) groups excluding carboxylic acids is 4. The van der Waals surface area contributed by atoms with E-state index >= 15 is 0 Å². The van der Waals surface area contributed by atoms with Gasteiger partial charge in [0.05, 0.1) is 33.6 Å². The Morgan fingerprint density at radius 1 is 1.02 bits per heavy atom. The number of carbonyl (C=O) groups is 5. The van der Waals surface area contributed by atoms with Gasteiger partial charge in [-0.05, 0) is 80.4 Å². The monoisotopic (exact) mass is 697 g/mol. The van der Waals surface area contributed by atoms with E-state index in [0.29, 0.717) is 15.6 Å². The maximum absolute atomic E-state index is 14.0. The lowest BCUT2D eigenvalue weighted by molar-refractivity contribution is -0.123. The van der Waals surface area contributed by atoms with Gasteiger partial charge in [-0.1, -0.05) is 11.6 Å². The fourth-order valence-electron chi connectivity index (χ4n) is 6.60. The molecule has 4 aliphatic rings. The highest BCUT2D eigenvalue weighted by Crippen LogP contribution is 2.56. The number of Topliss-reactive ketones (excluding diaryl/α,β-unsaturated/α-hetero) is 1. The normalized spacial score (nSPS) is 25.1. The van der Waals surface area contributed by atoms with E-state index in [1.54, 1.807) is 12.1 Å². The molecule has 2 amide bonds. The molecule has 1 saturated heterocycles. The Morgan fingerprint density at radius 3 is 2.43 bits per heavy atom. The van der Waals surface area contributed by atoms with Crippen LogP contribution in [0, 0.1) is 17.8 Å². The number of phenols is 2. The molecular weight excluding hydrogens is 678 g/mol. The number of aromatic carboxylic acids is 1. The predicted octanol–water partition coefficient (Wildman–Crippen LogP) is 4.53. The third-order valence-corrected chi connectivity index (χ3v) is 9.60. The summed E-state index contributed by atoms with van der Waals surface area (Å²) in [6, 6.07) is 6.70. The van der Waals surface area contributed by atoms with Crippen LogP contribution in [-0.4, -0.2) is 51.8 Å². The smallest absolute Gasteiger partial charge is 0.339 e. The average molecular weight is 699 g/mol. The molecular formula is C30H21Br2NO9. The van der Waals surface area contributed by atoms with Gasteiger partial charge in [0, 0.05) is 29.2 Å². The van der Waals surface area contributed by atoms with E-state index in [9.17, 15) is 39.3 Å². The Kier molecular flexibility index (Phi) is 6.73. The number of hydrogen-bond donors (Lipinski definition) is 3. The Balaban J connectivity index is 1.48. The zero-order valence-electron chi connectivity index (χ0n) is 21.8. The van der Waals surface area contributed by atoms with Crippen molar-refractivity contribution in [2.24, 2.45) is 17.8 Å². The molecule has 10 nitrogen and oxygen atoms in total. The maximum Gasteiger partial charge on any atom is 0.339 e. The lowest BCUT2D eigenvalue weighted by Gasteiger charge is -2.42. The quantitative estimate of drug-likeness (QED) is 0.237. The molecule has 0 bridgehead atoms. The number of anilines is 1. The van der Waals surface area contributed by atoms with Gasteiger partial charge in [0.15, 0.2) is 23.1 Å². The van der Waals surface area contributed by atoms with Crippen molar-refractivity contribution < 1.29 is 44.0 Å². The van der Waals surface area contributed by atoms with Gasteiger partial charge < -0.3 is 20.1 Å². The van der Waals surface area contributed by atoms with Gasteiger partial charge in [-0.3, -0.25) is 19.2 Å². The minimum atomic E-state index is -1.36. The van der Waals surface area contributed by atoms with Gasteiger partial charge in [0.1, 0.15) is 11.3 Å². The standard InChI is InChI=1S/C30H21Br2NO9/c1-42-22-7-11(6-18(31)27(22)37)23-13-4-5-15-24(16(13)9-17-25(23)21(35)10-19(32)26(17)36)29(39)33(28(15)38)12-2-3-14(30(40)41)20(34)8-12/h2-4,6-8,10,15-16,23-24,34,37H,5,9H2,1H3,(H,40,41). The van der Waals surface area contributed by atoms with E-state index in [1.165, 1.54) is 19.3 Å². The van der Waals surface area contributed by atoms with Crippen LogP contribution in [0.2, 0.25) is 0 Å². The van der Waals surface area contributed by atoms with Crippen molar-refractivity contribution in [1.29, 1.82) is 0 Å². The van der Waals surface area contributed by atoms with Gasteiger partial charge in [-0.15, -0.1) is 0 Å². The van der Waals surface area contributed by atoms with Crippen molar-refractivity contribution in [3.8, 4) is 17.2 Å². The highest BCUT2D eigenvalue weighted by Gasteiger charge is 2.56. The maximum atomic E-state index is 14.0. The molecule has 2 aromatic carbocycles. The molecule has 214 valence electrons.